The maximum Gasteiger partial charge on any atom is 0.260 e. The number of methoxy groups -OCH3 is 1. The zero-order valence-corrected chi connectivity index (χ0v) is 17.0. The van der Waals surface area contributed by atoms with E-state index in [9.17, 15) is 9.59 Å². The lowest BCUT2D eigenvalue weighted by Crippen LogP contribution is -2.45. The normalized spacial score (nSPS) is 14.3. The Morgan fingerprint density at radius 3 is 2.24 bits per heavy atom. The van der Waals surface area contributed by atoms with E-state index in [1.165, 1.54) is 0 Å². The number of rotatable bonds is 7. The molecule has 0 bridgehead atoms. The molecule has 0 saturated carbocycles. The number of carbonyl (C=O) groups is 2. The molecular formula is C23H28N2O4. The zero-order chi connectivity index (χ0) is 20.6. The first-order valence-electron chi connectivity index (χ1n) is 10.0. The third-order valence-electron chi connectivity index (χ3n) is 5.27. The van der Waals surface area contributed by atoms with E-state index in [4.69, 9.17) is 9.47 Å². The highest BCUT2D eigenvalue weighted by atomic mass is 16.5. The monoisotopic (exact) mass is 396 g/mol. The molecule has 0 radical (unpaired) electrons. The smallest absolute Gasteiger partial charge is 0.260 e. The molecule has 0 unspecified atom stereocenters. The van der Waals surface area contributed by atoms with Gasteiger partial charge in [0.2, 0.25) is 5.91 Å². The summed E-state index contributed by atoms with van der Waals surface area (Å²) in [5.74, 6) is 1.16. The molecule has 2 aromatic rings. The van der Waals surface area contributed by atoms with Crippen LogP contribution in [0.2, 0.25) is 0 Å². The van der Waals surface area contributed by atoms with Crippen molar-refractivity contribution < 1.29 is 19.1 Å². The van der Waals surface area contributed by atoms with Crippen LogP contribution in [0.1, 0.15) is 19.8 Å². The van der Waals surface area contributed by atoms with E-state index in [0.29, 0.717) is 44.0 Å². The summed E-state index contributed by atoms with van der Waals surface area (Å²) in [6.45, 7) is 3.71. The molecule has 29 heavy (non-hydrogen) atoms. The van der Waals surface area contributed by atoms with Gasteiger partial charge >= 0.3 is 0 Å². The van der Waals surface area contributed by atoms with Gasteiger partial charge in [0.25, 0.3) is 5.91 Å². The predicted molar refractivity (Wildman–Crippen MR) is 112 cm³/mol. The van der Waals surface area contributed by atoms with Crippen LogP contribution in [0.4, 0.5) is 5.69 Å². The lowest BCUT2D eigenvalue weighted by Gasteiger charge is -2.34. The van der Waals surface area contributed by atoms with Crippen molar-refractivity contribution in [3.63, 3.8) is 0 Å². The maximum absolute atomic E-state index is 13.0. The summed E-state index contributed by atoms with van der Waals surface area (Å²) in [4.78, 5) is 29.1. The van der Waals surface area contributed by atoms with Gasteiger partial charge in [-0.3, -0.25) is 9.59 Å². The fraction of sp³-hybridized carbons (Fsp3) is 0.391. The van der Waals surface area contributed by atoms with Gasteiger partial charge in [0.15, 0.2) is 18.1 Å². The van der Waals surface area contributed by atoms with Crippen molar-refractivity contribution in [1.82, 2.24) is 4.90 Å². The molecule has 1 aliphatic rings. The summed E-state index contributed by atoms with van der Waals surface area (Å²) >= 11 is 0. The molecular weight excluding hydrogens is 368 g/mol. The van der Waals surface area contributed by atoms with E-state index in [0.717, 1.165) is 5.69 Å². The molecule has 1 heterocycles. The molecule has 0 spiro atoms. The van der Waals surface area contributed by atoms with Crippen molar-refractivity contribution in [2.24, 2.45) is 5.92 Å². The molecule has 0 atom stereocenters. The number of hydrogen-bond donors (Lipinski definition) is 0. The number of piperidine rings is 1. The van der Waals surface area contributed by atoms with E-state index in [1.54, 1.807) is 24.1 Å². The van der Waals surface area contributed by atoms with Gasteiger partial charge in [-0.1, -0.05) is 30.3 Å². The van der Waals surface area contributed by atoms with Crippen molar-refractivity contribution in [2.45, 2.75) is 19.8 Å². The van der Waals surface area contributed by atoms with Gasteiger partial charge in [-0.15, -0.1) is 0 Å². The van der Waals surface area contributed by atoms with Crippen molar-refractivity contribution in [1.29, 1.82) is 0 Å². The third-order valence-corrected chi connectivity index (χ3v) is 5.27. The van der Waals surface area contributed by atoms with E-state index in [-0.39, 0.29) is 24.3 Å². The number of hydrogen-bond acceptors (Lipinski definition) is 4. The van der Waals surface area contributed by atoms with Gasteiger partial charge in [0, 0.05) is 31.2 Å². The standard InChI is InChI=1S/C23H28N2O4/c1-3-25(19-9-5-4-6-10-19)23(27)18-13-15-24(16-14-18)22(26)17-29-21-12-8-7-11-20(21)28-2/h4-12,18H,3,13-17H2,1-2H3. The van der Waals surface area contributed by atoms with Crippen molar-refractivity contribution in [3.05, 3.63) is 54.6 Å². The van der Waals surface area contributed by atoms with Gasteiger partial charge < -0.3 is 19.3 Å². The number of likely N-dealkylation sites (tertiary alicyclic amines) is 1. The fourth-order valence-electron chi connectivity index (χ4n) is 3.64. The summed E-state index contributed by atoms with van der Waals surface area (Å²) in [6.07, 6.45) is 1.34. The number of benzene rings is 2. The highest BCUT2D eigenvalue weighted by Gasteiger charge is 2.30. The van der Waals surface area contributed by atoms with Gasteiger partial charge in [-0.25, -0.2) is 0 Å². The van der Waals surface area contributed by atoms with E-state index < -0.39 is 0 Å². The van der Waals surface area contributed by atoms with Gasteiger partial charge in [0.05, 0.1) is 7.11 Å². The number of anilines is 1. The van der Waals surface area contributed by atoms with Crippen molar-refractivity contribution in [2.75, 3.05) is 38.3 Å². The average Bonchev–Trinajstić information content (AvgIpc) is 2.79. The zero-order valence-electron chi connectivity index (χ0n) is 17.0. The van der Waals surface area contributed by atoms with Gasteiger partial charge in [-0.05, 0) is 44.0 Å². The van der Waals surface area contributed by atoms with Crippen LogP contribution in [0.3, 0.4) is 0 Å². The van der Waals surface area contributed by atoms with Crippen molar-refractivity contribution in [3.8, 4) is 11.5 Å². The van der Waals surface area contributed by atoms with E-state index >= 15 is 0 Å². The Bertz CT molecular complexity index is 817. The molecule has 6 heteroatoms. The molecule has 0 aliphatic carbocycles. The second-order valence-corrected chi connectivity index (χ2v) is 7.01. The summed E-state index contributed by atoms with van der Waals surface area (Å²) in [5, 5.41) is 0. The lowest BCUT2D eigenvalue weighted by atomic mass is 9.95. The molecule has 2 amide bonds. The largest absolute Gasteiger partial charge is 0.493 e. The molecule has 1 fully saturated rings. The Morgan fingerprint density at radius 1 is 1.00 bits per heavy atom. The Balaban J connectivity index is 1.51. The average molecular weight is 396 g/mol. The maximum atomic E-state index is 13.0. The summed E-state index contributed by atoms with van der Waals surface area (Å²) in [7, 11) is 1.57. The Hall–Kier alpha value is -3.02. The molecule has 1 aliphatic heterocycles. The molecule has 154 valence electrons. The van der Waals surface area contributed by atoms with Crippen LogP contribution in [0, 0.1) is 5.92 Å². The van der Waals surface area contributed by atoms with Crippen LogP contribution >= 0.6 is 0 Å². The molecule has 3 rings (SSSR count). The summed E-state index contributed by atoms with van der Waals surface area (Å²) in [6, 6.07) is 17.0. The first kappa shape index (κ1) is 20.7. The van der Waals surface area contributed by atoms with Crippen LogP contribution in [-0.2, 0) is 9.59 Å². The minimum absolute atomic E-state index is 0.0376. The first-order chi connectivity index (χ1) is 14.1. The Morgan fingerprint density at radius 2 is 1.62 bits per heavy atom. The van der Waals surface area contributed by atoms with Gasteiger partial charge in [0.1, 0.15) is 0 Å². The van der Waals surface area contributed by atoms with Crippen molar-refractivity contribution >= 4 is 17.5 Å². The van der Waals surface area contributed by atoms with Crippen LogP contribution in [0.25, 0.3) is 0 Å². The quantitative estimate of drug-likeness (QED) is 0.720. The topological polar surface area (TPSA) is 59.1 Å². The second-order valence-electron chi connectivity index (χ2n) is 7.01. The third kappa shape index (κ3) is 5.08. The molecule has 0 aromatic heterocycles. The second kappa shape index (κ2) is 9.96. The van der Waals surface area contributed by atoms with Crippen LogP contribution in [0.5, 0.6) is 11.5 Å². The number of amides is 2. The Labute approximate surface area is 172 Å². The van der Waals surface area contributed by atoms with Crippen LogP contribution in [0.15, 0.2) is 54.6 Å². The molecule has 0 N–H and O–H groups in total. The van der Waals surface area contributed by atoms with Crippen LogP contribution in [-0.4, -0.2) is 50.1 Å². The SMILES string of the molecule is CCN(C(=O)C1CCN(C(=O)COc2ccccc2OC)CC1)c1ccccc1. The first-order valence-corrected chi connectivity index (χ1v) is 10.0. The molecule has 6 nitrogen and oxygen atoms in total. The highest BCUT2D eigenvalue weighted by Crippen LogP contribution is 2.26. The lowest BCUT2D eigenvalue weighted by molar-refractivity contribution is -0.136. The summed E-state index contributed by atoms with van der Waals surface area (Å²) in [5.41, 5.74) is 0.920. The van der Waals surface area contributed by atoms with Gasteiger partial charge in [-0.2, -0.15) is 0 Å². The minimum Gasteiger partial charge on any atom is -0.493 e. The number of nitrogens with zero attached hydrogens (tertiary/aromatic N) is 2. The van der Waals surface area contributed by atoms with E-state index in [2.05, 4.69) is 0 Å². The highest BCUT2D eigenvalue weighted by molar-refractivity contribution is 5.95. The molecule has 2 aromatic carbocycles. The number of ether oxygens (including phenoxy) is 2. The van der Waals surface area contributed by atoms with Crippen LogP contribution < -0.4 is 14.4 Å². The fourth-order valence-corrected chi connectivity index (χ4v) is 3.64. The molecule has 1 saturated heterocycles. The number of carbonyl (C=O) groups excluding carboxylic acids is 2. The van der Waals surface area contributed by atoms with E-state index in [1.807, 2.05) is 54.3 Å². The number of para-hydroxylation sites is 3. The minimum atomic E-state index is -0.0720. The Kier molecular flexibility index (Phi) is 7.11. The summed E-state index contributed by atoms with van der Waals surface area (Å²) < 4.78 is 10.9. The predicted octanol–water partition coefficient (Wildman–Crippen LogP) is 3.37.